The molecule has 2 rings (SSSR count). The number of Topliss-reactive ketones (excluding diaryl/α,β-unsaturated/α-hetero) is 1. The third-order valence-electron chi connectivity index (χ3n) is 3.38. The maximum atomic E-state index is 11.5. The summed E-state index contributed by atoms with van der Waals surface area (Å²) in [6.07, 6.45) is 0.607. The van der Waals surface area contributed by atoms with Gasteiger partial charge in [0.2, 0.25) is 0 Å². The molecule has 1 unspecified atom stereocenters. The number of carbonyl (C=O) groups is 2. The Morgan fingerprint density at radius 2 is 2.33 bits per heavy atom. The molecule has 0 aromatic carbocycles. The van der Waals surface area contributed by atoms with Crippen LogP contribution in [0.5, 0.6) is 0 Å². The second-order valence-electron chi connectivity index (χ2n) is 4.85. The molecule has 1 atom stereocenters. The highest BCUT2D eigenvalue weighted by molar-refractivity contribution is 7.14. The van der Waals surface area contributed by atoms with Crippen molar-refractivity contribution >= 4 is 23.1 Å². The summed E-state index contributed by atoms with van der Waals surface area (Å²) in [6.45, 7) is 6.20. The highest BCUT2D eigenvalue weighted by Crippen LogP contribution is 2.24. The summed E-state index contributed by atoms with van der Waals surface area (Å²) < 4.78 is 0. The minimum absolute atomic E-state index is 0.0941. The van der Waals surface area contributed by atoms with E-state index in [-0.39, 0.29) is 5.92 Å². The van der Waals surface area contributed by atoms with Gasteiger partial charge in [-0.15, -0.1) is 11.3 Å². The molecule has 1 saturated heterocycles. The van der Waals surface area contributed by atoms with Crippen LogP contribution in [-0.4, -0.2) is 34.8 Å². The fourth-order valence-corrected chi connectivity index (χ4v) is 3.13. The number of carboxylic acids is 1. The second-order valence-corrected chi connectivity index (χ2v) is 6.11. The smallest absolute Gasteiger partial charge is 0.345 e. The first-order chi connectivity index (χ1) is 8.47. The molecule has 1 aromatic rings. The van der Waals surface area contributed by atoms with Crippen LogP contribution in [0.1, 0.15) is 33.5 Å². The first-order valence-corrected chi connectivity index (χ1v) is 6.86. The molecule has 0 amide bonds. The predicted molar refractivity (Wildman–Crippen MR) is 70.1 cm³/mol. The van der Waals surface area contributed by atoms with E-state index in [4.69, 9.17) is 5.11 Å². The Kier molecular flexibility index (Phi) is 3.82. The fourth-order valence-electron chi connectivity index (χ4n) is 2.26. The van der Waals surface area contributed by atoms with Gasteiger partial charge in [0.1, 0.15) is 10.7 Å². The summed E-state index contributed by atoms with van der Waals surface area (Å²) >= 11 is 1.32. The van der Waals surface area contributed by atoms with Crippen LogP contribution in [0.3, 0.4) is 0 Å². The molecule has 18 heavy (non-hydrogen) atoms. The third-order valence-corrected chi connectivity index (χ3v) is 4.46. The van der Waals surface area contributed by atoms with Crippen LogP contribution in [0.4, 0.5) is 0 Å². The molecule has 98 valence electrons. The molecule has 4 nitrogen and oxygen atoms in total. The lowest BCUT2D eigenvalue weighted by Gasteiger charge is -2.29. The number of thiophene rings is 1. The van der Waals surface area contributed by atoms with E-state index in [2.05, 4.69) is 4.90 Å². The number of aromatic carboxylic acids is 1. The number of carbonyl (C=O) groups excluding carboxylic acids is 1. The first-order valence-electron chi connectivity index (χ1n) is 6.05. The fraction of sp³-hybridized carbons (Fsp3) is 0.538. The molecular weight excluding hydrogens is 250 g/mol. The Morgan fingerprint density at radius 3 is 2.89 bits per heavy atom. The maximum absolute atomic E-state index is 11.5. The van der Waals surface area contributed by atoms with E-state index < -0.39 is 5.97 Å². The maximum Gasteiger partial charge on any atom is 0.345 e. The molecule has 1 aromatic heterocycles. The van der Waals surface area contributed by atoms with Crippen LogP contribution in [0, 0.1) is 12.8 Å². The lowest BCUT2D eigenvalue weighted by Crippen LogP contribution is -2.39. The zero-order chi connectivity index (χ0) is 13.3. The molecule has 1 aliphatic heterocycles. The van der Waals surface area contributed by atoms with Crippen molar-refractivity contribution in [1.82, 2.24) is 4.90 Å². The number of nitrogens with zero attached hydrogens (tertiary/aromatic N) is 1. The summed E-state index contributed by atoms with van der Waals surface area (Å²) in [4.78, 5) is 26.0. The lowest BCUT2D eigenvalue weighted by molar-refractivity contribution is -0.125. The average Bonchev–Trinajstić information content (AvgIpc) is 2.66. The number of carboxylic acid groups (broad SMARTS) is 1. The van der Waals surface area contributed by atoms with Crippen molar-refractivity contribution in [2.75, 3.05) is 13.1 Å². The molecule has 2 heterocycles. The monoisotopic (exact) mass is 267 g/mol. The van der Waals surface area contributed by atoms with Crippen molar-refractivity contribution in [3.63, 3.8) is 0 Å². The van der Waals surface area contributed by atoms with Gasteiger partial charge in [0.05, 0.1) is 0 Å². The molecule has 0 aliphatic carbocycles. The van der Waals surface area contributed by atoms with Crippen LogP contribution in [-0.2, 0) is 11.3 Å². The van der Waals surface area contributed by atoms with Crippen LogP contribution >= 0.6 is 11.3 Å². The van der Waals surface area contributed by atoms with Crippen molar-refractivity contribution in [2.45, 2.75) is 26.8 Å². The van der Waals surface area contributed by atoms with E-state index in [9.17, 15) is 9.59 Å². The van der Waals surface area contributed by atoms with Crippen molar-refractivity contribution in [3.8, 4) is 0 Å². The SMILES string of the molecule is Cc1sc(C(=O)O)cc1CN1CCC(=O)C(C)C1. The number of ketones is 1. The summed E-state index contributed by atoms with van der Waals surface area (Å²) in [5.41, 5.74) is 1.07. The van der Waals surface area contributed by atoms with Crippen LogP contribution < -0.4 is 0 Å². The Morgan fingerprint density at radius 1 is 1.61 bits per heavy atom. The number of aryl methyl sites for hydroxylation is 1. The normalized spacial score (nSPS) is 21.2. The van der Waals surface area contributed by atoms with Gasteiger partial charge in [-0.3, -0.25) is 9.69 Å². The number of piperidine rings is 1. The molecule has 0 saturated carbocycles. The topological polar surface area (TPSA) is 57.6 Å². The molecule has 1 aliphatic rings. The van der Waals surface area contributed by atoms with Gasteiger partial charge in [-0.05, 0) is 18.6 Å². The predicted octanol–water partition coefficient (Wildman–Crippen LogP) is 2.17. The molecule has 0 bridgehead atoms. The van der Waals surface area contributed by atoms with Crippen molar-refractivity contribution in [2.24, 2.45) is 5.92 Å². The highest BCUT2D eigenvalue weighted by Gasteiger charge is 2.24. The number of hydrogen-bond donors (Lipinski definition) is 1. The first kappa shape index (κ1) is 13.2. The Labute approximate surface area is 110 Å². The standard InChI is InChI=1S/C13H17NO3S/c1-8-6-14(4-3-11(8)15)7-10-5-12(13(16)17)18-9(10)2/h5,8H,3-4,6-7H2,1-2H3,(H,16,17). The van der Waals surface area contributed by atoms with Gasteiger partial charge in [-0.25, -0.2) is 4.79 Å². The van der Waals surface area contributed by atoms with Gasteiger partial charge in [0.15, 0.2) is 0 Å². The van der Waals surface area contributed by atoms with Crippen LogP contribution in [0.2, 0.25) is 0 Å². The van der Waals surface area contributed by atoms with Gasteiger partial charge in [-0.2, -0.15) is 0 Å². The van der Waals surface area contributed by atoms with Crippen molar-refractivity contribution < 1.29 is 14.7 Å². The summed E-state index contributed by atoms with van der Waals surface area (Å²) in [7, 11) is 0. The molecule has 1 fully saturated rings. The average molecular weight is 267 g/mol. The van der Waals surface area contributed by atoms with Gasteiger partial charge in [0, 0.05) is 36.9 Å². The van der Waals surface area contributed by atoms with E-state index in [1.807, 2.05) is 13.8 Å². The van der Waals surface area contributed by atoms with Gasteiger partial charge >= 0.3 is 5.97 Å². The molecule has 5 heteroatoms. The van der Waals surface area contributed by atoms with Crippen molar-refractivity contribution in [3.05, 3.63) is 21.4 Å². The number of rotatable bonds is 3. The van der Waals surface area contributed by atoms with Crippen molar-refractivity contribution in [1.29, 1.82) is 0 Å². The molecule has 0 spiro atoms. The van der Waals surface area contributed by atoms with Gasteiger partial charge in [-0.1, -0.05) is 6.92 Å². The lowest BCUT2D eigenvalue weighted by atomic mass is 9.98. The second kappa shape index (κ2) is 5.20. The van der Waals surface area contributed by atoms with Gasteiger partial charge in [0.25, 0.3) is 0 Å². The van der Waals surface area contributed by atoms with Crippen LogP contribution in [0.15, 0.2) is 6.07 Å². The largest absolute Gasteiger partial charge is 0.477 e. The summed E-state index contributed by atoms with van der Waals surface area (Å²) in [6, 6.07) is 1.75. The minimum Gasteiger partial charge on any atom is -0.477 e. The van der Waals surface area contributed by atoms with Gasteiger partial charge < -0.3 is 5.11 Å². The van der Waals surface area contributed by atoms with E-state index in [1.165, 1.54) is 11.3 Å². The van der Waals surface area contributed by atoms with E-state index >= 15 is 0 Å². The zero-order valence-corrected chi connectivity index (χ0v) is 11.4. The highest BCUT2D eigenvalue weighted by atomic mass is 32.1. The third kappa shape index (κ3) is 2.79. The Bertz CT molecular complexity index is 481. The van der Waals surface area contributed by atoms with E-state index in [0.29, 0.717) is 17.1 Å². The Hall–Kier alpha value is -1.20. The summed E-state index contributed by atoms with van der Waals surface area (Å²) in [5, 5.41) is 8.96. The molecule has 0 radical (unpaired) electrons. The minimum atomic E-state index is -0.864. The quantitative estimate of drug-likeness (QED) is 0.912. The number of hydrogen-bond acceptors (Lipinski definition) is 4. The molecular formula is C13H17NO3S. The zero-order valence-electron chi connectivity index (χ0n) is 10.6. The van der Waals surface area contributed by atoms with E-state index in [1.54, 1.807) is 6.07 Å². The number of likely N-dealkylation sites (tertiary alicyclic amines) is 1. The van der Waals surface area contributed by atoms with E-state index in [0.717, 1.165) is 30.1 Å². The Balaban J connectivity index is 2.05. The summed E-state index contributed by atoms with van der Waals surface area (Å²) in [5.74, 6) is -0.437. The molecule has 1 N–H and O–H groups in total. The van der Waals surface area contributed by atoms with Crippen LogP contribution in [0.25, 0.3) is 0 Å².